The van der Waals surface area contributed by atoms with Crippen LogP contribution in [0.1, 0.15) is 24.0 Å². The summed E-state index contributed by atoms with van der Waals surface area (Å²) in [5.41, 5.74) is 2.01. The highest BCUT2D eigenvalue weighted by atomic mass is 16.5. The third kappa shape index (κ3) is 6.24. The largest absolute Gasteiger partial charge is 0.452 e. The molecule has 1 aliphatic rings. The van der Waals surface area contributed by atoms with Gasteiger partial charge in [-0.25, -0.2) is 4.79 Å². The van der Waals surface area contributed by atoms with Crippen molar-refractivity contribution in [3.8, 4) is 0 Å². The van der Waals surface area contributed by atoms with Crippen LogP contribution in [-0.2, 0) is 19.1 Å². The van der Waals surface area contributed by atoms with Crippen molar-refractivity contribution in [1.82, 2.24) is 10.2 Å². The molecule has 0 saturated heterocycles. The molecule has 1 N–H and O–H groups in total. The highest BCUT2D eigenvalue weighted by Crippen LogP contribution is 2.18. The molecule has 2 rings (SSSR count). The Morgan fingerprint density at radius 2 is 1.92 bits per heavy atom. The number of nitrogens with one attached hydrogen (secondary N) is 1. The second-order valence-electron chi connectivity index (χ2n) is 5.94. The Balaban J connectivity index is 1.70. The van der Waals surface area contributed by atoms with Gasteiger partial charge in [0.15, 0.2) is 6.61 Å². The molecule has 0 aromatic heterocycles. The normalized spacial score (nSPS) is 13.6. The van der Waals surface area contributed by atoms with E-state index in [4.69, 9.17) is 4.74 Å². The van der Waals surface area contributed by atoms with E-state index in [1.54, 1.807) is 6.08 Å². The molecular weight excluding hydrogens is 308 g/mol. The summed E-state index contributed by atoms with van der Waals surface area (Å²) in [5, 5.41) is 2.80. The van der Waals surface area contributed by atoms with Crippen LogP contribution in [-0.4, -0.2) is 48.9 Å². The van der Waals surface area contributed by atoms with Crippen LogP contribution in [0.5, 0.6) is 0 Å². The fourth-order valence-corrected chi connectivity index (χ4v) is 1.94. The standard InChI is InChI=1S/C18H22N2O4/c1-13-3-5-14(6-4-13)7-10-18(23)24-12-17(22)20(2)11-16(21)19-15-8-9-15/h3-7,10,15H,8-9,11-12H2,1-2H3,(H,19,21)/b10-7+. The minimum Gasteiger partial charge on any atom is -0.452 e. The minimum absolute atomic E-state index is 0.0356. The summed E-state index contributed by atoms with van der Waals surface area (Å²) in [4.78, 5) is 36.3. The van der Waals surface area contributed by atoms with E-state index in [1.165, 1.54) is 18.0 Å². The molecule has 0 spiro atoms. The first-order chi connectivity index (χ1) is 11.4. The highest BCUT2D eigenvalue weighted by molar-refractivity contribution is 5.90. The van der Waals surface area contributed by atoms with Gasteiger partial charge >= 0.3 is 5.97 Å². The van der Waals surface area contributed by atoms with Gasteiger partial charge in [-0.05, 0) is 31.4 Å². The number of benzene rings is 1. The van der Waals surface area contributed by atoms with E-state index in [1.807, 2.05) is 31.2 Å². The average molecular weight is 330 g/mol. The molecule has 0 unspecified atom stereocenters. The van der Waals surface area contributed by atoms with Crippen molar-refractivity contribution in [3.05, 3.63) is 41.5 Å². The molecule has 0 aliphatic heterocycles. The van der Waals surface area contributed by atoms with Gasteiger partial charge in [-0.3, -0.25) is 9.59 Å². The first-order valence-electron chi connectivity index (χ1n) is 7.89. The summed E-state index contributed by atoms with van der Waals surface area (Å²) >= 11 is 0. The lowest BCUT2D eigenvalue weighted by Crippen LogP contribution is -2.40. The molecular formula is C18H22N2O4. The van der Waals surface area contributed by atoms with E-state index < -0.39 is 11.9 Å². The van der Waals surface area contributed by atoms with E-state index in [0.29, 0.717) is 0 Å². The van der Waals surface area contributed by atoms with Crippen LogP contribution >= 0.6 is 0 Å². The summed E-state index contributed by atoms with van der Waals surface area (Å²) in [6, 6.07) is 7.91. The van der Waals surface area contributed by atoms with Gasteiger partial charge < -0.3 is 15.0 Å². The molecule has 24 heavy (non-hydrogen) atoms. The summed E-state index contributed by atoms with van der Waals surface area (Å²) in [6.07, 6.45) is 4.89. The third-order valence-electron chi connectivity index (χ3n) is 3.58. The van der Waals surface area contributed by atoms with Crippen molar-refractivity contribution < 1.29 is 19.1 Å². The van der Waals surface area contributed by atoms with Gasteiger partial charge in [-0.1, -0.05) is 29.8 Å². The van der Waals surface area contributed by atoms with Gasteiger partial charge in [0.2, 0.25) is 5.91 Å². The van der Waals surface area contributed by atoms with Crippen LogP contribution in [0.15, 0.2) is 30.3 Å². The molecule has 6 nitrogen and oxygen atoms in total. The number of ether oxygens (including phenoxy) is 1. The maximum atomic E-state index is 11.8. The maximum Gasteiger partial charge on any atom is 0.331 e. The molecule has 0 atom stereocenters. The topological polar surface area (TPSA) is 75.7 Å². The van der Waals surface area contributed by atoms with Gasteiger partial charge in [0.1, 0.15) is 0 Å². The lowest BCUT2D eigenvalue weighted by Gasteiger charge is -2.16. The van der Waals surface area contributed by atoms with E-state index in [-0.39, 0.29) is 25.1 Å². The van der Waals surface area contributed by atoms with Crippen LogP contribution in [0.2, 0.25) is 0 Å². The first kappa shape index (κ1) is 17.7. The Bertz CT molecular complexity index is 633. The molecule has 2 amide bonds. The molecule has 1 aromatic rings. The molecule has 128 valence electrons. The SMILES string of the molecule is Cc1ccc(/C=C/C(=O)OCC(=O)N(C)CC(=O)NC2CC2)cc1. The van der Waals surface area contributed by atoms with Crippen molar-refractivity contribution >= 4 is 23.9 Å². The first-order valence-corrected chi connectivity index (χ1v) is 7.89. The smallest absolute Gasteiger partial charge is 0.331 e. The number of rotatable bonds is 7. The Labute approximate surface area is 141 Å². The highest BCUT2D eigenvalue weighted by Gasteiger charge is 2.24. The number of nitrogens with zero attached hydrogens (tertiary/aromatic N) is 1. The predicted octanol–water partition coefficient (Wildman–Crippen LogP) is 1.29. The van der Waals surface area contributed by atoms with Crippen molar-refractivity contribution in [2.75, 3.05) is 20.2 Å². The van der Waals surface area contributed by atoms with E-state index in [0.717, 1.165) is 24.0 Å². The third-order valence-corrected chi connectivity index (χ3v) is 3.58. The Morgan fingerprint density at radius 3 is 2.54 bits per heavy atom. The molecule has 1 saturated carbocycles. The average Bonchev–Trinajstić information content (AvgIpc) is 3.35. The van der Waals surface area contributed by atoms with Crippen LogP contribution in [0, 0.1) is 6.92 Å². The fraction of sp³-hybridized carbons (Fsp3) is 0.389. The number of hydrogen-bond donors (Lipinski definition) is 1. The molecule has 1 aromatic carbocycles. The Kier molecular flexibility index (Phi) is 6.12. The van der Waals surface area contributed by atoms with Crippen molar-refractivity contribution in [2.24, 2.45) is 0 Å². The Hall–Kier alpha value is -2.63. The maximum absolute atomic E-state index is 11.8. The van der Waals surface area contributed by atoms with Crippen molar-refractivity contribution in [3.63, 3.8) is 0 Å². The number of likely N-dealkylation sites (N-methyl/N-ethyl adjacent to an activating group) is 1. The minimum atomic E-state index is -0.597. The second kappa shape index (κ2) is 8.29. The molecule has 0 bridgehead atoms. The predicted molar refractivity (Wildman–Crippen MR) is 90.0 cm³/mol. The number of esters is 1. The molecule has 6 heteroatoms. The van der Waals surface area contributed by atoms with Crippen molar-refractivity contribution in [1.29, 1.82) is 0 Å². The van der Waals surface area contributed by atoms with Crippen molar-refractivity contribution in [2.45, 2.75) is 25.8 Å². The monoisotopic (exact) mass is 330 g/mol. The van der Waals surface area contributed by atoms with Gasteiger partial charge in [-0.2, -0.15) is 0 Å². The van der Waals surface area contributed by atoms with E-state index in [9.17, 15) is 14.4 Å². The molecule has 1 aliphatic carbocycles. The van der Waals surface area contributed by atoms with E-state index >= 15 is 0 Å². The molecule has 0 heterocycles. The van der Waals surface area contributed by atoms with Crippen LogP contribution < -0.4 is 5.32 Å². The summed E-state index contributed by atoms with van der Waals surface area (Å²) in [5.74, 6) is -1.21. The summed E-state index contributed by atoms with van der Waals surface area (Å²) in [6.45, 7) is 1.56. The number of hydrogen-bond acceptors (Lipinski definition) is 4. The van der Waals surface area contributed by atoms with Gasteiger partial charge in [0, 0.05) is 19.2 Å². The second-order valence-corrected chi connectivity index (χ2v) is 5.94. The van der Waals surface area contributed by atoms with Crippen LogP contribution in [0.4, 0.5) is 0 Å². The lowest BCUT2D eigenvalue weighted by molar-refractivity contribution is -0.148. The van der Waals surface area contributed by atoms with Gasteiger partial charge in [-0.15, -0.1) is 0 Å². The van der Waals surface area contributed by atoms with E-state index in [2.05, 4.69) is 5.32 Å². The zero-order valence-electron chi connectivity index (χ0n) is 14.0. The van der Waals surface area contributed by atoms with Gasteiger partial charge in [0.25, 0.3) is 5.91 Å². The number of aryl methyl sites for hydroxylation is 1. The van der Waals surface area contributed by atoms with Gasteiger partial charge in [0.05, 0.1) is 6.54 Å². The molecule has 1 fully saturated rings. The number of carbonyl (C=O) groups is 3. The lowest BCUT2D eigenvalue weighted by atomic mass is 10.1. The summed E-state index contributed by atoms with van der Waals surface area (Å²) in [7, 11) is 1.50. The number of amides is 2. The number of carbonyl (C=O) groups excluding carboxylic acids is 3. The summed E-state index contributed by atoms with van der Waals surface area (Å²) < 4.78 is 4.90. The van der Waals surface area contributed by atoms with Crippen LogP contribution in [0.3, 0.4) is 0 Å². The zero-order valence-corrected chi connectivity index (χ0v) is 14.0. The fourth-order valence-electron chi connectivity index (χ4n) is 1.94. The quantitative estimate of drug-likeness (QED) is 0.604. The van der Waals surface area contributed by atoms with Crippen LogP contribution in [0.25, 0.3) is 6.08 Å². The Morgan fingerprint density at radius 1 is 1.25 bits per heavy atom. The zero-order chi connectivity index (χ0) is 17.5. The molecule has 0 radical (unpaired) electrons.